The van der Waals surface area contributed by atoms with Crippen LogP contribution in [0.15, 0.2) is 35.6 Å². The van der Waals surface area contributed by atoms with Crippen LogP contribution in [0.1, 0.15) is 26.3 Å². The molecule has 0 spiro atoms. The SMILES string of the molecule is CN=C(NCc1cccc(-c2ncn[nH]2)c1)NCC(OC)C(C)(C)C. The third kappa shape index (κ3) is 5.56. The quantitative estimate of drug-likeness (QED) is 0.552. The number of nitrogens with one attached hydrogen (secondary N) is 3. The Morgan fingerprint density at radius 3 is 2.72 bits per heavy atom. The monoisotopic (exact) mass is 344 g/mol. The van der Waals surface area contributed by atoms with Gasteiger partial charge in [0.05, 0.1) is 6.10 Å². The van der Waals surface area contributed by atoms with E-state index in [1.54, 1.807) is 14.2 Å². The van der Waals surface area contributed by atoms with Gasteiger partial charge in [0.2, 0.25) is 0 Å². The molecule has 0 amide bonds. The van der Waals surface area contributed by atoms with Crippen LogP contribution in [0.2, 0.25) is 0 Å². The summed E-state index contributed by atoms with van der Waals surface area (Å²) < 4.78 is 5.57. The van der Waals surface area contributed by atoms with Gasteiger partial charge in [0.25, 0.3) is 0 Å². The molecule has 1 atom stereocenters. The molecule has 1 unspecified atom stereocenters. The van der Waals surface area contributed by atoms with Gasteiger partial charge in [-0.2, -0.15) is 5.10 Å². The van der Waals surface area contributed by atoms with E-state index in [0.29, 0.717) is 13.1 Å². The zero-order chi connectivity index (χ0) is 18.3. The molecular weight excluding hydrogens is 316 g/mol. The van der Waals surface area contributed by atoms with E-state index < -0.39 is 0 Å². The molecule has 0 fully saturated rings. The van der Waals surface area contributed by atoms with E-state index in [0.717, 1.165) is 22.9 Å². The number of hydrogen-bond acceptors (Lipinski definition) is 4. The van der Waals surface area contributed by atoms with Crippen LogP contribution in [0.3, 0.4) is 0 Å². The molecule has 1 aromatic carbocycles. The van der Waals surface area contributed by atoms with Crippen molar-refractivity contribution in [2.24, 2.45) is 10.4 Å². The van der Waals surface area contributed by atoms with Crippen LogP contribution in [0.25, 0.3) is 11.4 Å². The minimum absolute atomic E-state index is 0.0615. The maximum absolute atomic E-state index is 5.57. The van der Waals surface area contributed by atoms with E-state index in [1.165, 1.54) is 6.33 Å². The average molecular weight is 344 g/mol. The Labute approximate surface area is 149 Å². The molecule has 25 heavy (non-hydrogen) atoms. The third-order valence-corrected chi connectivity index (χ3v) is 4.00. The molecule has 1 aromatic heterocycles. The largest absolute Gasteiger partial charge is 0.379 e. The molecular formula is C18H28N6O. The number of ether oxygens (including phenoxy) is 1. The molecule has 0 saturated carbocycles. The fraction of sp³-hybridized carbons (Fsp3) is 0.500. The molecule has 0 bridgehead atoms. The topological polar surface area (TPSA) is 87.2 Å². The van der Waals surface area contributed by atoms with Crippen molar-refractivity contribution in [3.63, 3.8) is 0 Å². The van der Waals surface area contributed by atoms with Crippen molar-refractivity contribution in [3.8, 4) is 11.4 Å². The van der Waals surface area contributed by atoms with Gasteiger partial charge in [-0.1, -0.05) is 39.0 Å². The Hall–Kier alpha value is -2.41. The number of benzene rings is 1. The van der Waals surface area contributed by atoms with Gasteiger partial charge in [-0.15, -0.1) is 0 Å². The van der Waals surface area contributed by atoms with Gasteiger partial charge < -0.3 is 15.4 Å². The summed E-state index contributed by atoms with van der Waals surface area (Å²) in [6.07, 6.45) is 1.61. The fourth-order valence-electron chi connectivity index (χ4n) is 2.51. The first-order chi connectivity index (χ1) is 11.9. The molecule has 3 N–H and O–H groups in total. The molecule has 2 aromatic rings. The number of aromatic nitrogens is 3. The van der Waals surface area contributed by atoms with Crippen molar-refractivity contribution in [2.45, 2.75) is 33.4 Å². The normalized spacial score (nSPS) is 13.6. The maximum Gasteiger partial charge on any atom is 0.191 e. The highest BCUT2D eigenvalue weighted by atomic mass is 16.5. The van der Waals surface area contributed by atoms with Gasteiger partial charge in [0.1, 0.15) is 6.33 Å². The Bertz CT molecular complexity index is 675. The van der Waals surface area contributed by atoms with E-state index >= 15 is 0 Å². The third-order valence-electron chi connectivity index (χ3n) is 4.00. The molecule has 2 rings (SSSR count). The molecule has 0 saturated heterocycles. The first kappa shape index (κ1) is 18.9. The van der Waals surface area contributed by atoms with Gasteiger partial charge in [0.15, 0.2) is 11.8 Å². The number of aliphatic imine (C=N–C) groups is 1. The molecule has 0 aliphatic rings. The Morgan fingerprint density at radius 1 is 1.32 bits per heavy atom. The van der Waals surface area contributed by atoms with E-state index in [9.17, 15) is 0 Å². The molecule has 0 aliphatic carbocycles. The van der Waals surface area contributed by atoms with E-state index in [-0.39, 0.29) is 11.5 Å². The molecule has 7 nitrogen and oxygen atoms in total. The summed E-state index contributed by atoms with van der Waals surface area (Å²) >= 11 is 0. The van der Waals surface area contributed by atoms with E-state index in [2.05, 4.69) is 63.7 Å². The number of nitrogens with zero attached hydrogens (tertiary/aromatic N) is 3. The first-order valence-electron chi connectivity index (χ1n) is 8.36. The predicted molar refractivity (Wildman–Crippen MR) is 100 cm³/mol. The Balaban J connectivity index is 1.92. The van der Waals surface area contributed by atoms with Gasteiger partial charge in [-0.25, -0.2) is 4.98 Å². The fourth-order valence-corrected chi connectivity index (χ4v) is 2.51. The molecule has 0 radical (unpaired) electrons. The van der Waals surface area contributed by atoms with Crippen molar-refractivity contribution in [3.05, 3.63) is 36.2 Å². The highest BCUT2D eigenvalue weighted by molar-refractivity contribution is 5.79. The van der Waals surface area contributed by atoms with Gasteiger partial charge in [-0.3, -0.25) is 10.1 Å². The number of H-pyrrole nitrogens is 1. The summed E-state index contributed by atoms with van der Waals surface area (Å²) in [5.41, 5.74) is 2.20. The highest BCUT2D eigenvalue weighted by Gasteiger charge is 2.24. The van der Waals surface area contributed by atoms with Crippen LogP contribution < -0.4 is 10.6 Å². The molecule has 0 aliphatic heterocycles. The maximum atomic E-state index is 5.57. The highest BCUT2D eigenvalue weighted by Crippen LogP contribution is 2.21. The van der Waals surface area contributed by atoms with Gasteiger partial charge >= 0.3 is 0 Å². The van der Waals surface area contributed by atoms with Gasteiger partial charge in [-0.05, 0) is 17.0 Å². The van der Waals surface area contributed by atoms with Crippen LogP contribution in [0.5, 0.6) is 0 Å². The number of hydrogen-bond donors (Lipinski definition) is 3. The lowest BCUT2D eigenvalue weighted by Gasteiger charge is -2.30. The zero-order valence-electron chi connectivity index (χ0n) is 15.6. The molecule has 7 heteroatoms. The van der Waals surface area contributed by atoms with Crippen molar-refractivity contribution in [1.29, 1.82) is 0 Å². The Kier molecular flexibility index (Phi) is 6.52. The summed E-state index contributed by atoms with van der Waals surface area (Å²) in [4.78, 5) is 8.46. The lowest BCUT2D eigenvalue weighted by molar-refractivity contribution is 0.0205. The zero-order valence-corrected chi connectivity index (χ0v) is 15.6. The first-order valence-corrected chi connectivity index (χ1v) is 8.36. The van der Waals surface area contributed by atoms with Crippen molar-refractivity contribution in [1.82, 2.24) is 25.8 Å². The van der Waals surface area contributed by atoms with Crippen molar-refractivity contribution in [2.75, 3.05) is 20.7 Å². The summed E-state index contributed by atoms with van der Waals surface area (Å²) in [7, 11) is 3.50. The number of aromatic amines is 1. The summed E-state index contributed by atoms with van der Waals surface area (Å²) in [6, 6.07) is 8.15. The van der Waals surface area contributed by atoms with Crippen LogP contribution >= 0.6 is 0 Å². The second kappa shape index (κ2) is 8.62. The van der Waals surface area contributed by atoms with Crippen molar-refractivity contribution >= 4 is 5.96 Å². The van der Waals surface area contributed by atoms with Crippen LogP contribution in [0, 0.1) is 5.41 Å². The van der Waals surface area contributed by atoms with Crippen LogP contribution in [-0.2, 0) is 11.3 Å². The predicted octanol–water partition coefficient (Wildman–Crippen LogP) is 2.20. The number of methoxy groups -OCH3 is 1. The van der Waals surface area contributed by atoms with Crippen LogP contribution in [-0.4, -0.2) is 47.9 Å². The van der Waals surface area contributed by atoms with E-state index in [1.807, 2.05) is 12.1 Å². The van der Waals surface area contributed by atoms with Gasteiger partial charge in [0, 0.05) is 32.8 Å². The van der Waals surface area contributed by atoms with E-state index in [4.69, 9.17) is 4.74 Å². The summed E-state index contributed by atoms with van der Waals surface area (Å²) in [5.74, 6) is 1.51. The minimum atomic E-state index is 0.0615. The lowest BCUT2D eigenvalue weighted by atomic mass is 9.89. The number of guanidine groups is 1. The minimum Gasteiger partial charge on any atom is -0.379 e. The molecule has 1 heterocycles. The number of rotatable bonds is 6. The van der Waals surface area contributed by atoms with Crippen LogP contribution in [0.4, 0.5) is 0 Å². The Morgan fingerprint density at radius 2 is 2.12 bits per heavy atom. The summed E-state index contributed by atoms with van der Waals surface area (Å²) in [6.45, 7) is 7.84. The average Bonchev–Trinajstić information content (AvgIpc) is 3.12. The smallest absolute Gasteiger partial charge is 0.191 e. The standard InChI is InChI=1S/C18H28N6O/c1-18(2,3)15(25-5)11-21-17(19-4)20-10-13-7-6-8-14(9-13)16-22-12-23-24-16/h6-9,12,15H,10-11H2,1-5H3,(H2,19,20,21)(H,22,23,24). The second-order valence-electron chi connectivity index (χ2n) is 6.93. The van der Waals surface area contributed by atoms with Crippen molar-refractivity contribution < 1.29 is 4.74 Å². The second-order valence-corrected chi connectivity index (χ2v) is 6.93. The molecule has 136 valence electrons. The lowest BCUT2D eigenvalue weighted by Crippen LogP contribution is -2.45. The summed E-state index contributed by atoms with van der Waals surface area (Å²) in [5, 5.41) is 13.4.